The molecule has 0 aliphatic carbocycles. The van der Waals surface area contributed by atoms with Crippen LogP contribution in [0.15, 0.2) is 18.3 Å². The Kier molecular flexibility index (Phi) is 3.34. The second kappa shape index (κ2) is 4.73. The molecule has 1 atom stereocenters. The van der Waals surface area contributed by atoms with Gasteiger partial charge in [-0.2, -0.15) is 0 Å². The van der Waals surface area contributed by atoms with Crippen LogP contribution in [0.5, 0.6) is 0 Å². The third-order valence-electron chi connectivity index (χ3n) is 3.03. The van der Waals surface area contributed by atoms with E-state index in [0.29, 0.717) is 6.04 Å². The number of pyridine rings is 1. The molecule has 82 valence electrons. The normalized spacial score (nSPS) is 22.9. The van der Waals surface area contributed by atoms with Gasteiger partial charge in [0.2, 0.25) is 0 Å². The van der Waals surface area contributed by atoms with Gasteiger partial charge in [-0.25, -0.2) is 0 Å². The summed E-state index contributed by atoms with van der Waals surface area (Å²) in [4.78, 5) is 6.82. The maximum Gasteiger partial charge on any atom is 0.0573 e. The van der Waals surface area contributed by atoms with Crippen molar-refractivity contribution in [3.63, 3.8) is 0 Å². The molecule has 1 aliphatic rings. The minimum Gasteiger partial charge on any atom is -0.327 e. The van der Waals surface area contributed by atoms with Crippen LogP contribution in [0, 0.1) is 6.92 Å². The van der Waals surface area contributed by atoms with Gasteiger partial charge in [-0.3, -0.25) is 9.88 Å². The summed E-state index contributed by atoms with van der Waals surface area (Å²) in [6.07, 6.45) is 4.25. The summed E-state index contributed by atoms with van der Waals surface area (Å²) in [7, 11) is 0. The van der Waals surface area contributed by atoms with Crippen molar-refractivity contribution >= 4 is 0 Å². The van der Waals surface area contributed by atoms with Crippen LogP contribution in [0.1, 0.15) is 24.1 Å². The van der Waals surface area contributed by atoms with E-state index in [1.54, 1.807) is 0 Å². The van der Waals surface area contributed by atoms with Gasteiger partial charge in [0.05, 0.1) is 5.69 Å². The molecule has 2 heterocycles. The molecule has 0 amide bonds. The van der Waals surface area contributed by atoms with Crippen molar-refractivity contribution in [2.75, 3.05) is 13.1 Å². The summed E-state index contributed by atoms with van der Waals surface area (Å²) in [6.45, 7) is 5.23. The fraction of sp³-hybridized carbons (Fsp3) is 0.583. The number of nitrogens with two attached hydrogens (primary N) is 1. The van der Waals surface area contributed by atoms with Gasteiger partial charge >= 0.3 is 0 Å². The zero-order chi connectivity index (χ0) is 10.7. The first kappa shape index (κ1) is 10.6. The number of nitrogens with zero attached hydrogens (tertiary/aromatic N) is 2. The number of aromatic nitrogens is 1. The van der Waals surface area contributed by atoms with Gasteiger partial charge in [0.15, 0.2) is 0 Å². The van der Waals surface area contributed by atoms with Crippen molar-refractivity contribution in [3.8, 4) is 0 Å². The first-order valence-electron chi connectivity index (χ1n) is 5.64. The number of hydrogen-bond acceptors (Lipinski definition) is 3. The molecule has 1 saturated heterocycles. The molecule has 1 aromatic heterocycles. The molecule has 0 saturated carbocycles. The molecular formula is C12H19N3. The summed E-state index contributed by atoms with van der Waals surface area (Å²) < 4.78 is 0. The number of likely N-dealkylation sites (tertiary alicyclic amines) is 1. The molecule has 3 nitrogen and oxygen atoms in total. The van der Waals surface area contributed by atoms with Crippen LogP contribution in [-0.4, -0.2) is 29.0 Å². The molecular weight excluding hydrogens is 186 g/mol. The molecule has 15 heavy (non-hydrogen) atoms. The van der Waals surface area contributed by atoms with E-state index in [-0.39, 0.29) is 0 Å². The van der Waals surface area contributed by atoms with Crippen molar-refractivity contribution in [1.82, 2.24) is 9.88 Å². The Labute approximate surface area is 91.3 Å². The highest BCUT2D eigenvalue weighted by Gasteiger charge is 2.17. The first-order chi connectivity index (χ1) is 7.25. The maximum atomic E-state index is 5.95. The van der Waals surface area contributed by atoms with Gasteiger partial charge in [-0.05, 0) is 37.9 Å². The number of aryl methyl sites for hydroxylation is 1. The molecule has 1 aliphatic heterocycles. The van der Waals surface area contributed by atoms with Gasteiger partial charge < -0.3 is 5.73 Å². The second-order valence-electron chi connectivity index (χ2n) is 4.40. The topological polar surface area (TPSA) is 42.2 Å². The Hall–Kier alpha value is -0.930. The lowest BCUT2D eigenvalue weighted by atomic mass is 10.1. The minimum atomic E-state index is 0.350. The summed E-state index contributed by atoms with van der Waals surface area (Å²) in [5.74, 6) is 0. The fourth-order valence-electron chi connectivity index (χ4n) is 2.13. The van der Waals surface area contributed by atoms with E-state index in [4.69, 9.17) is 5.73 Å². The van der Waals surface area contributed by atoms with Crippen LogP contribution < -0.4 is 5.73 Å². The number of hydrogen-bond donors (Lipinski definition) is 1. The van der Waals surface area contributed by atoms with Crippen LogP contribution in [-0.2, 0) is 6.54 Å². The van der Waals surface area contributed by atoms with E-state index in [2.05, 4.69) is 22.9 Å². The zero-order valence-electron chi connectivity index (χ0n) is 9.32. The molecule has 1 fully saturated rings. The quantitative estimate of drug-likeness (QED) is 0.791. The third-order valence-corrected chi connectivity index (χ3v) is 3.03. The predicted molar refractivity (Wildman–Crippen MR) is 61.5 cm³/mol. The summed E-state index contributed by atoms with van der Waals surface area (Å²) in [5.41, 5.74) is 8.42. The Bertz CT molecular complexity index is 324. The van der Waals surface area contributed by atoms with Crippen LogP contribution in [0.4, 0.5) is 0 Å². The average molecular weight is 205 g/mol. The smallest absolute Gasteiger partial charge is 0.0573 e. The van der Waals surface area contributed by atoms with E-state index < -0.39 is 0 Å². The Balaban J connectivity index is 1.99. The van der Waals surface area contributed by atoms with E-state index in [1.807, 2.05) is 12.3 Å². The Morgan fingerprint density at radius 3 is 3.20 bits per heavy atom. The third kappa shape index (κ3) is 2.76. The Morgan fingerprint density at radius 2 is 2.47 bits per heavy atom. The lowest BCUT2D eigenvalue weighted by Gasteiger charge is -2.30. The van der Waals surface area contributed by atoms with E-state index >= 15 is 0 Å². The van der Waals surface area contributed by atoms with Crippen molar-refractivity contribution in [2.45, 2.75) is 32.4 Å². The standard InChI is InChI=1S/C12H19N3/c1-10-4-2-6-14-12(10)9-15-7-3-5-11(13)8-15/h2,4,6,11H,3,5,7-9,13H2,1H3. The van der Waals surface area contributed by atoms with Crippen LogP contribution in [0.3, 0.4) is 0 Å². The highest BCUT2D eigenvalue weighted by molar-refractivity contribution is 5.17. The molecule has 0 aromatic carbocycles. The van der Waals surface area contributed by atoms with Crippen molar-refractivity contribution in [3.05, 3.63) is 29.6 Å². The lowest BCUT2D eigenvalue weighted by Crippen LogP contribution is -2.42. The van der Waals surface area contributed by atoms with Gasteiger partial charge in [0.25, 0.3) is 0 Å². The van der Waals surface area contributed by atoms with Gasteiger partial charge in [-0.15, -0.1) is 0 Å². The largest absolute Gasteiger partial charge is 0.327 e. The van der Waals surface area contributed by atoms with Gasteiger partial charge in [-0.1, -0.05) is 6.07 Å². The summed E-state index contributed by atoms with van der Waals surface area (Å²) >= 11 is 0. The first-order valence-corrected chi connectivity index (χ1v) is 5.64. The average Bonchev–Trinajstić information content (AvgIpc) is 2.22. The van der Waals surface area contributed by atoms with Crippen molar-refractivity contribution < 1.29 is 0 Å². The second-order valence-corrected chi connectivity index (χ2v) is 4.40. The SMILES string of the molecule is Cc1cccnc1CN1CCCC(N)C1. The number of piperidine rings is 1. The molecule has 2 rings (SSSR count). The lowest BCUT2D eigenvalue weighted by molar-refractivity contribution is 0.199. The van der Waals surface area contributed by atoms with Crippen molar-refractivity contribution in [2.24, 2.45) is 5.73 Å². The van der Waals surface area contributed by atoms with Crippen LogP contribution in [0.25, 0.3) is 0 Å². The molecule has 3 heteroatoms. The highest BCUT2D eigenvalue weighted by Crippen LogP contribution is 2.13. The highest BCUT2D eigenvalue weighted by atomic mass is 15.1. The maximum absolute atomic E-state index is 5.95. The Morgan fingerprint density at radius 1 is 1.60 bits per heavy atom. The fourth-order valence-corrected chi connectivity index (χ4v) is 2.13. The van der Waals surface area contributed by atoms with Crippen LogP contribution in [0.2, 0.25) is 0 Å². The van der Waals surface area contributed by atoms with Crippen LogP contribution >= 0.6 is 0 Å². The van der Waals surface area contributed by atoms with Crippen molar-refractivity contribution in [1.29, 1.82) is 0 Å². The predicted octanol–water partition coefficient (Wildman–Crippen LogP) is 1.31. The molecule has 2 N–H and O–H groups in total. The minimum absolute atomic E-state index is 0.350. The monoisotopic (exact) mass is 205 g/mol. The van der Waals surface area contributed by atoms with E-state index in [9.17, 15) is 0 Å². The summed E-state index contributed by atoms with van der Waals surface area (Å²) in [6, 6.07) is 4.45. The molecule has 0 radical (unpaired) electrons. The summed E-state index contributed by atoms with van der Waals surface area (Å²) in [5, 5.41) is 0. The number of rotatable bonds is 2. The van der Waals surface area contributed by atoms with E-state index in [1.165, 1.54) is 17.7 Å². The van der Waals surface area contributed by atoms with Gasteiger partial charge in [0.1, 0.15) is 0 Å². The zero-order valence-corrected chi connectivity index (χ0v) is 9.32. The van der Waals surface area contributed by atoms with Gasteiger partial charge in [0, 0.05) is 25.3 Å². The molecule has 1 aromatic rings. The molecule has 1 unspecified atom stereocenters. The molecule has 0 spiro atoms. The van der Waals surface area contributed by atoms with E-state index in [0.717, 1.165) is 26.1 Å². The molecule has 0 bridgehead atoms.